The summed E-state index contributed by atoms with van der Waals surface area (Å²) in [4.78, 5) is 0. The Bertz CT molecular complexity index is 646. The predicted molar refractivity (Wildman–Crippen MR) is 103 cm³/mol. The molecule has 2 aromatic carbocycles. The van der Waals surface area contributed by atoms with E-state index in [1.165, 1.54) is 43.4 Å². The molecule has 0 amide bonds. The predicted octanol–water partition coefficient (Wildman–Crippen LogP) is 5.35. The van der Waals surface area contributed by atoms with Gasteiger partial charge in [-0.3, -0.25) is 0 Å². The molecule has 1 atom stereocenters. The molecular formula is C23H29NO. The minimum Gasteiger partial charge on any atom is -0.489 e. The standard InChI is InChI=1S/C23H29NO/c1-17(24-15-23(20-7-8-20)21-9-10-21)19-11-13-22(14-12-19)25-16-18-5-3-2-4-6-18/h2-6,11-14,17,20-21,23-24H,7-10,15-16H2,1H3. The number of hydrogen-bond acceptors (Lipinski definition) is 2. The summed E-state index contributed by atoms with van der Waals surface area (Å²) in [5.74, 6) is 3.89. The van der Waals surface area contributed by atoms with Crippen LogP contribution >= 0.6 is 0 Å². The first kappa shape index (κ1) is 16.7. The molecule has 0 radical (unpaired) electrons. The lowest BCUT2D eigenvalue weighted by Gasteiger charge is -2.21. The summed E-state index contributed by atoms with van der Waals surface area (Å²) in [6.45, 7) is 4.08. The molecule has 1 N–H and O–H groups in total. The Labute approximate surface area is 151 Å². The summed E-state index contributed by atoms with van der Waals surface area (Å²) < 4.78 is 5.88. The highest BCUT2D eigenvalue weighted by Gasteiger charge is 2.41. The zero-order valence-electron chi connectivity index (χ0n) is 15.2. The maximum absolute atomic E-state index is 5.88. The molecule has 2 aliphatic rings. The minimum atomic E-state index is 0.406. The number of benzene rings is 2. The Morgan fingerprint density at radius 2 is 1.56 bits per heavy atom. The van der Waals surface area contributed by atoms with Crippen LogP contribution in [0.3, 0.4) is 0 Å². The topological polar surface area (TPSA) is 21.3 Å². The molecule has 0 spiro atoms. The van der Waals surface area contributed by atoms with Gasteiger partial charge < -0.3 is 10.1 Å². The highest BCUT2D eigenvalue weighted by molar-refractivity contribution is 5.29. The van der Waals surface area contributed by atoms with Crippen LogP contribution in [0.2, 0.25) is 0 Å². The second-order valence-corrected chi connectivity index (χ2v) is 7.81. The maximum atomic E-state index is 5.88. The molecule has 2 fully saturated rings. The number of hydrogen-bond donors (Lipinski definition) is 1. The third-order valence-corrected chi connectivity index (χ3v) is 5.74. The van der Waals surface area contributed by atoms with Crippen LogP contribution in [0.4, 0.5) is 0 Å². The zero-order chi connectivity index (χ0) is 17.1. The van der Waals surface area contributed by atoms with Gasteiger partial charge in [-0.15, -0.1) is 0 Å². The van der Waals surface area contributed by atoms with Crippen molar-refractivity contribution in [2.24, 2.45) is 17.8 Å². The molecule has 2 aromatic rings. The number of rotatable bonds is 9. The maximum Gasteiger partial charge on any atom is 0.119 e. The molecule has 2 aliphatic carbocycles. The van der Waals surface area contributed by atoms with Crippen LogP contribution in [0.15, 0.2) is 54.6 Å². The van der Waals surface area contributed by atoms with E-state index in [0.717, 1.165) is 23.5 Å². The van der Waals surface area contributed by atoms with Gasteiger partial charge in [0.1, 0.15) is 12.4 Å². The van der Waals surface area contributed by atoms with E-state index < -0.39 is 0 Å². The van der Waals surface area contributed by atoms with Gasteiger partial charge >= 0.3 is 0 Å². The lowest BCUT2D eigenvalue weighted by Crippen LogP contribution is -2.28. The Balaban J connectivity index is 1.27. The molecule has 0 heterocycles. The van der Waals surface area contributed by atoms with Gasteiger partial charge in [0.2, 0.25) is 0 Å². The smallest absolute Gasteiger partial charge is 0.119 e. The van der Waals surface area contributed by atoms with Crippen LogP contribution in [0, 0.1) is 17.8 Å². The van der Waals surface area contributed by atoms with Gasteiger partial charge in [0.05, 0.1) is 0 Å². The van der Waals surface area contributed by atoms with Crippen molar-refractivity contribution in [2.45, 2.75) is 45.3 Å². The third-order valence-electron chi connectivity index (χ3n) is 5.74. The van der Waals surface area contributed by atoms with Crippen LogP contribution < -0.4 is 10.1 Å². The van der Waals surface area contributed by atoms with Gasteiger partial charge in [-0.2, -0.15) is 0 Å². The van der Waals surface area contributed by atoms with Gasteiger partial charge in [0.25, 0.3) is 0 Å². The van der Waals surface area contributed by atoms with Gasteiger partial charge in [0, 0.05) is 6.04 Å². The highest BCUT2D eigenvalue weighted by Crippen LogP contribution is 2.49. The second kappa shape index (κ2) is 7.61. The lowest BCUT2D eigenvalue weighted by molar-refractivity contribution is 0.306. The molecule has 0 aliphatic heterocycles. The Hall–Kier alpha value is -1.80. The van der Waals surface area contributed by atoms with E-state index in [9.17, 15) is 0 Å². The normalized spacial score (nSPS) is 18.3. The Morgan fingerprint density at radius 1 is 0.920 bits per heavy atom. The fourth-order valence-electron chi connectivity index (χ4n) is 3.79. The average molecular weight is 335 g/mol. The van der Waals surface area contributed by atoms with E-state index in [0.29, 0.717) is 12.6 Å². The van der Waals surface area contributed by atoms with Crippen LogP contribution in [-0.4, -0.2) is 6.54 Å². The molecule has 2 heteroatoms. The molecule has 4 rings (SSSR count). The van der Waals surface area contributed by atoms with Crippen molar-refractivity contribution in [3.05, 3.63) is 65.7 Å². The van der Waals surface area contributed by atoms with Crippen molar-refractivity contribution in [1.29, 1.82) is 0 Å². The summed E-state index contributed by atoms with van der Waals surface area (Å²) in [5, 5.41) is 3.78. The average Bonchev–Trinajstić information content (AvgIpc) is 3.55. The molecule has 0 aromatic heterocycles. The first-order valence-corrected chi connectivity index (χ1v) is 9.79. The fraction of sp³-hybridized carbons (Fsp3) is 0.478. The second-order valence-electron chi connectivity index (χ2n) is 7.81. The van der Waals surface area contributed by atoms with Crippen LogP contribution in [0.25, 0.3) is 0 Å². The van der Waals surface area contributed by atoms with Gasteiger partial charge in [-0.05, 0) is 80.2 Å². The van der Waals surface area contributed by atoms with Crippen molar-refractivity contribution in [3.8, 4) is 5.75 Å². The number of ether oxygens (including phenoxy) is 1. The van der Waals surface area contributed by atoms with Crippen molar-refractivity contribution < 1.29 is 4.74 Å². The van der Waals surface area contributed by atoms with E-state index in [1.807, 2.05) is 18.2 Å². The molecule has 0 saturated heterocycles. The lowest BCUT2D eigenvalue weighted by atomic mass is 9.97. The van der Waals surface area contributed by atoms with Gasteiger partial charge in [0.15, 0.2) is 0 Å². The third kappa shape index (κ3) is 4.64. The number of nitrogens with one attached hydrogen (secondary N) is 1. The van der Waals surface area contributed by atoms with E-state index in [-0.39, 0.29) is 0 Å². The van der Waals surface area contributed by atoms with Crippen LogP contribution in [0.5, 0.6) is 5.75 Å². The summed E-state index contributed by atoms with van der Waals surface area (Å²) in [5.41, 5.74) is 2.55. The summed E-state index contributed by atoms with van der Waals surface area (Å²) in [6, 6.07) is 19.3. The minimum absolute atomic E-state index is 0.406. The van der Waals surface area contributed by atoms with E-state index in [1.54, 1.807) is 0 Å². The highest BCUT2D eigenvalue weighted by atomic mass is 16.5. The Kier molecular flexibility index (Phi) is 5.07. The molecule has 25 heavy (non-hydrogen) atoms. The SMILES string of the molecule is CC(NCC(C1CC1)C1CC1)c1ccc(OCc2ccccc2)cc1. The van der Waals surface area contributed by atoms with E-state index in [4.69, 9.17) is 4.74 Å². The Morgan fingerprint density at radius 3 is 2.16 bits per heavy atom. The summed E-state index contributed by atoms with van der Waals surface area (Å²) in [7, 11) is 0. The van der Waals surface area contributed by atoms with Crippen LogP contribution in [0.1, 0.15) is 49.8 Å². The zero-order valence-corrected chi connectivity index (χ0v) is 15.2. The van der Waals surface area contributed by atoms with Gasteiger partial charge in [-0.25, -0.2) is 0 Å². The largest absolute Gasteiger partial charge is 0.489 e. The monoisotopic (exact) mass is 335 g/mol. The van der Waals surface area contributed by atoms with E-state index in [2.05, 4.69) is 48.6 Å². The fourth-order valence-corrected chi connectivity index (χ4v) is 3.79. The first-order valence-electron chi connectivity index (χ1n) is 9.79. The van der Waals surface area contributed by atoms with Crippen LogP contribution in [-0.2, 0) is 6.61 Å². The van der Waals surface area contributed by atoms with E-state index >= 15 is 0 Å². The van der Waals surface area contributed by atoms with Crippen molar-refractivity contribution >= 4 is 0 Å². The molecule has 132 valence electrons. The van der Waals surface area contributed by atoms with Gasteiger partial charge in [-0.1, -0.05) is 42.5 Å². The first-order chi connectivity index (χ1) is 12.3. The van der Waals surface area contributed by atoms with Crippen molar-refractivity contribution in [1.82, 2.24) is 5.32 Å². The summed E-state index contributed by atoms with van der Waals surface area (Å²) in [6.07, 6.45) is 5.85. The molecule has 0 bridgehead atoms. The molecule has 2 saturated carbocycles. The molecular weight excluding hydrogens is 306 g/mol. The van der Waals surface area contributed by atoms with Crippen molar-refractivity contribution in [3.63, 3.8) is 0 Å². The molecule has 2 nitrogen and oxygen atoms in total. The summed E-state index contributed by atoms with van der Waals surface area (Å²) >= 11 is 0. The quantitative estimate of drug-likeness (QED) is 0.667. The molecule has 1 unspecified atom stereocenters. The van der Waals surface area contributed by atoms with Crippen molar-refractivity contribution in [2.75, 3.05) is 6.54 Å².